The van der Waals surface area contributed by atoms with Crippen molar-refractivity contribution in [1.82, 2.24) is 10.0 Å². The van der Waals surface area contributed by atoms with Crippen LogP contribution in [0, 0.1) is 5.92 Å². The van der Waals surface area contributed by atoms with Crippen LogP contribution >= 0.6 is 0 Å². The molecule has 6 nitrogen and oxygen atoms in total. The number of hydrogen-bond donors (Lipinski definition) is 3. The molecule has 0 saturated carbocycles. The first kappa shape index (κ1) is 17.2. The molecule has 0 saturated heterocycles. The van der Waals surface area contributed by atoms with Gasteiger partial charge in [-0.3, -0.25) is 0 Å². The van der Waals surface area contributed by atoms with Crippen LogP contribution in [0.15, 0.2) is 21.6 Å². The van der Waals surface area contributed by atoms with E-state index in [2.05, 4.69) is 17.0 Å². The van der Waals surface area contributed by atoms with E-state index < -0.39 is 10.0 Å². The fourth-order valence-corrected chi connectivity index (χ4v) is 2.74. The van der Waals surface area contributed by atoms with Gasteiger partial charge in [0.1, 0.15) is 5.76 Å². The van der Waals surface area contributed by atoms with Crippen LogP contribution < -0.4 is 10.0 Å². The SMILES string of the molecule is CCCNCc1ccc(S(=O)(=O)NCC(C)CCO)o1. The quantitative estimate of drug-likeness (QED) is 0.563. The van der Waals surface area contributed by atoms with Crippen molar-refractivity contribution < 1.29 is 17.9 Å². The van der Waals surface area contributed by atoms with Crippen molar-refractivity contribution in [3.8, 4) is 0 Å². The number of aliphatic hydroxyl groups excluding tert-OH is 1. The van der Waals surface area contributed by atoms with Crippen molar-refractivity contribution in [3.63, 3.8) is 0 Å². The van der Waals surface area contributed by atoms with Gasteiger partial charge in [-0.25, -0.2) is 13.1 Å². The van der Waals surface area contributed by atoms with Crippen molar-refractivity contribution in [2.24, 2.45) is 5.92 Å². The van der Waals surface area contributed by atoms with Crippen LogP contribution in [0.1, 0.15) is 32.4 Å². The van der Waals surface area contributed by atoms with Gasteiger partial charge in [0, 0.05) is 13.2 Å². The molecule has 0 aliphatic rings. The molecule has 0 fully saturated rings. The molecule has 0 amide bonds. The Morgan fingerprint density at radius 2 is 2.15 bits per heavy atom. The summed E-state index contributed by atoms with van der Waals surface area (Å²) in [6.07, 6.45) is 1.57. The first-order valence-electron chi connectivity index (χ1n) is 6.89. The fraction of sp³-hybridized carbons (Fsp3) is 0.692. The van der Waals surface area contributed by atoms with Crippen molar-refractivity contribution in [2.45, 2.75) is 38.3 Å². The molecule has 116 valence electrons. The lowest BCUT2D eigenvalue weighted by Crippen LogP contribution is -2.28. The van der Waals surface area contributed by atoms with E-state index in [1.807, 2.05) is 6.92 Å². The summed E-state index contributed by atoms with van der Waals surface area (Å²) in [5, 5.41) is 11.9. The van der Waals surface area contributed by atoms with E-state index in [9.17, 15) is 8.42 Å². The standard InChI is InChI=1S/C13H24N2O4S/c1-3-7-14-10-12-4-5-13(19-12)20(17,18)15-9-11(2)6-8-16/h4-5,11,14-16H,3,6-10H2,1-2H3. The Bertz CT molecular complexity index is 484. The zero-order valence-electron chi connectivity index (χ0n) is 12.1. The van der Waals surface area contributed by atoms with Gasteiger partial charge in [-0.15, -0.1) is 0 Å². The highest BCUT2D eigenvalue weighted by atomic mass is 32.2. The molecular weight excluding hydrogens is 280 g/mol. The second-order valence-electron chi connectivity index (χ2n) is 4.87. The van der Waals surface area contributed by atoms with Crippen LogP contribution in [0.2, 0.25) is 0 Å². The first-order valence-corrected chi connectivity index (χ1v) is 8.38. The average molecular weight is 304 g/mol. The van der Waals surface area contributed by atoms with E-state index in [-0.39, 0.29) is 24.2 Å². The van der Waals surface area contributed by atoms with Crippen LogP contribution in [0.3, 0.4) is 0 Å². The highest BCUT2D eigenvalue weighted by molar-refractivity contribution is 7.89. The van der Waals surface area contributed by atoms with E-state index in [4.69, 9.17) is 9.52 Å². The largest absolute Gasteiger partial charge is 0.447 e. The first-order chi connectivity index (χ1) is 9.49. The van der Waals surface area contributed by atoms with Crippen molar-refractivity contribution in [2.75, 3.05) is 19.7 Å². The predicted octanol–water partition coefficient (Wildman–Crippen LogP) is 1.08. The minimum atomic E-state index is -3.61. The van der Waals surface area contributed by atoms with Crippen LogP contribution in [-0.4, -0.2) is 33.2 Å². The van der Waals surface area contributed by atoms with E-state index in [0.717, 1.165) is 13.0 Å². The molecule has 1 atom stereocenters. The van der Waals surface area contributed by atoms with Gasteiger partial charge in [-0.05, 0) is 37.4 Å². The molecule has 0 radical (unpaired) electrons. The number of sulfonamides is 1. The molecule has 7 heteroatoms. The van der Waals surface area contributed by atoms with Gasteiger partial charge in [0.25, 0.3) is 10.0 Å². The molecule has 1 aromatic rings. The fourth-order valence-electron chi connectivity index (χ4n) is 1.63. The molecule has 1 heterocycles. The normalized spacial score (nSPS) is 13.6. The van der Waals surface area contributed by atoms with Crippen molar-refractivity contribution in [3.05, 3.63) is 17.9 Å². The third-order valence-electron chi connectivity index (χ3n) is 2.87. The zero-order chi connectivity index (χ0) is 15.0. The molecular formula is C13H24N2O4S. The minimum absolute atomic E-state index is 0.0525. The van der Waals surface area contributed by atoms with Crippen molar-refractivity contribution >= 4 is 10.0 Å². The third kappa shape index (κ3) is 5.62. The van der Waals surface area contributed by atoms with Crippen LogP contribution in [0.25, 0.3) is 0 Å². The summed E-state index contributed by atoms with van der Waals surface area (Å²) in [5.41, 5.74) is 0. The van der Waals surface area contributed by atoms with Gasteiger partial charge in [0.2, 0.25) is 5.09 Å². The van der Waals surface area contributed by atoms with Gasteiger partial charge < -0.3 is 14.8 Å². The Morgan fingerprint density at radius 1 is 1.40 bits per heavy atom. The Kier molecular flexibility index (Phi) is 7.22. The lowest BCUT2D eigenvalue weighted by Gasteiger charge is -2.10. The Labute approximate surface area is 120 Å². The Morgan fingerprint density at radius 3 is 2.80 bits per heavy atom. The van der Waals surface area contributed by atoms with Gasteiger partial charge in [-0.1, -0.05) is 13.8 Å². The number of nitrogens with one attached hydrogen (secondary N) is 2. The van der Waals surface area contributed by atoms with E-state index in [1.54, 1.807) is 6.07 Å². The molecule has 0 aromatic carbocycles. The molecule has 0 bridgehead atoms. The number of rotatable bonds is 10. The monoisotopic (exact) mass is 304 g/mol. The smallest absolute Gasteiger partial charge is 0.273 e. The number of aliphatic hydroxyl groups is 1. The summed E-state index contributed by atoms with van der Waals surface area (Å²) < 4.78 is 31.8. The number of furan rings is 1. The van der Waals surface area contributed by atoms with Crippen LogP contribution in [0.5, 0.6) is 0 Å². The molecule has 3 N–H and O–H groups in total. The molecule has 0 aliphatic heterocycles. The summed E-state index contributed by atoms with van der Waals surface area (Å²) in [5.74, 6) is 0.678. The van der Waals surface area contributed by atoms with Gasteiger partial charge >= 0.3 is 0 Å². The zero-order valence-corrected chi connectivity index (χ0v) is 12.9. The second-order valence-corrected chi connectivity index (χ2v) is 6.56. The Balaban J connectivity index is 2.54. The van der Waals surface area contributed by atoms with Gasteiger partial charge in [0.05, 0.1) is 6.54 Å². The molecule has 0 spiro atoms. The highest BCUT2D eigenvalue weighted by Gasteiger charge is 2.19. The molecule has 20 heavy (non-hydrogen) atoms. The summed E-state index contributed by atoms with van der Waals surface area (Å²) >= 11 is 0. The maximum Gasteiger partial charge on any atom is 0.273 e. The van der Waals surface area contributed by atoms with E-state index in [0.29, 0.717) is 18.7 Å². The predicted molar refractivity (Wildman–Crippen MR) is 76.8 cm³/mol. The van der Waals surface area contributed by atoms with E-state index >= 15 is 0 Å². The molecule has 0 aliphatic carbocycles. The van der Waals surface area contributed by atoms with Crippen LogP contribution in [-0.2, 0) is 16.6 Å². The second kappa shape index (κ2) is 8.41. The van der Waals surface area contributed by atoms with Gasteiger partial charge in [0.15, 0.2) is 0 Å². The van der Waals surface area contributed by atoms with Crippen LogP contribution in [0.4, 0.5) is 0 Å². The lowest BCUT2D eigenvalue weighted by atomic mass is 10.1. The molecule has 1 rings (SSSR count). The summed E-state index contributed by atoms with van der Waals surface area (Å²) in [7, 11) is -3.61. The summed E-state index contributed by atoms with van der Waals surface area (Å²) in [6, 6.07) is 3.12. The maximum absolute atomic E-state index is 12.0. The van der Waals surface area contributed by atoms with E-state index in [1.165, 1.54) is 6.07 Å². The summed E-state index contributed by atoms with van der Waals surface area (Å²) in [6.45, 7) is 5.65. The van der Waals surface area contributed by atoms with Crippen molar-refractivity contribution in [1.29, 1.82) is 0 Å². The average Bonchev–Trinajstić information content (AvgIpc) is 2.87. The topological polar surface area (TPSA) is 91.6 Å². The number of hydrogen-bond acceptors (Lipinski definition) is 5. The highest BCUT2D eigenvalue weighted by Crippen LogP contribution is 2.14. The molecule has 1 unspecified atom stereocenters. The summed E-state index contributed by atoms with van der Waals surface area (Å²) in [4.78, 5) is 0. The van der Waals surface area contributed by atoms with Gasteiger partial charge in [-0.2, -0.15) is 0 Å². The third-order valence-corrected chi connectivity index (χ3v) is 4.17. The Hall–Kier alpha value is -0.890. The maximum atomic E-state index is 12.0. The minimum Gasteiger partial charge on any atom is -0.447 e. The lowest BCUT2D eigenvalue weighted by molar-refractivity contribution is 0.262. The molecule has 1 aromatic heterocycles.